The lowest BCUT2D eigenvalue weighted by Gasteiger charge is -2.07. The zero-order valence-electron chi connectivity index (χ0n) is 10.9. The van der Waals surface area contributed by atoms with Gasteiger partial charge in [0.1, 0.15) is 5.75 Å². The number of ketones is 1. The maximum absolute atomic E-state index is 12.4. The van der Waals surface area contributed by atoms with E-state index in [4.69, 9.17) is 21.6 Å². The minimum absolute atomic E-state index is 0.169. The van der Waals surface area contributed by atoms with E-state index in [1.165, 1.54) is 0 Å². The topological polar surface area (TPSA) is 50.1 Å². The summed E-state index contributed by atoms with van der Waals surface area (Å²) < 4.78 is 5.06. The summed E-state index contributed by atoms with van der Waals surface area (Å²) in [5.74, 6) is 0.517. The predicted octanol–water partition coefficient (Wildman–Crippen LogP) is 3.65. The van der Waals surface area contributed by atoms with E-state index in [-0.39, 0.29) is 12.2 Å². The summed E-state index contributed by atoms with van der Waals surface area (Å²) in [6.45, 7) is 0. The third kappa shape index (κ3) is 2.81. The van der Waals surface area contributed by atoms with Crippen LogP contribution >= 0.6 is 11.6 Å². The number of hydrogen-bond acceptors (Lipinski definition) is 3. The number of carbonyl (C=O) groups is 1. The van der Waals surface area contributed by atoms with Crippen LogP contribution in [0.25, 0.3) is 0 Å². The van der Waals surface area contributed by atoms with Gasteiger partial charge in [0, 0.05) is 11.1 Å². The van der Waals surface area contributed by atoms with Crippen LogP contribution in [0.15, 0.2) is 42.5 Å². The van der Waals surface area contributed by atoms with Crippen LogP contribution in [0, 0.1) is 11.3 Å². The summed E-state index contributed by atoms with van der Waals surface area (Å²) in [4.78, 5) is 12.4. The van der Waals surface area contributed by atoms with Gasteiger partial charge in [-0.3, -0.25) is 4.79 Å². The first kappa shape index (κ1) is 14.1. The van der Waals surface area contributed by atoms with Crippen molar-refractivity contribution in [3.05, 3.63) is 64.2 Å². The minimum Gasteiger partial charge on any atom is -0.497 e. The largest absolute Gasteiger partial charge is 0.497 e. The van der Waals surface area contributed by atoms with Gasteiger partial charge in [-0.05, 0) is 35.9 Å². The number of hydrogen-bond donors (Lipinski definition) is 0. The molecule has 100 valence electrons. The Bertz CT molecular complexity index is 672. The van der Waals surface area contributed by atoms with E-state index in [1.54, 1.807) is 49.6 Å². The first-order chi connectivity index (χ1) is 9.67. The Morgan fingerprint density at radius 1 is 1.25 bits per heavy atom. The highest BCUT2D eigenvalue weighted by molar-refractivity contribution is 6.35. The Kier molecular flexibility index (Phi) is 4.39. The summed E-state index contributed by atoms with van der Waals surface area (Å²) in [5.41, 5.74) is 1.60. The Balaban J connectivity index is 2.38. The highest BCUT2D eigenvalue weighted by Crippen LogP contribution is 2.24. The molecule has 2 rings (SSSR count). The number of methoxy groups -OCH3 is 1. The summed E-state index contributed by atoms with van der Waals surface area (Å²) in [6, 6.07) is 14.0. The SMILES string of the molecule is COc1ccc(C(=O)c2cccc(CC#N)c2Cl)cc1. The van der Waals surface area contributed by atoms with E-state index < -0.39 is 0 Å². The normalized spacial score (nSPS) is 9.85. The van der Waals surface area contributed by atoms with Crippen molar-refractivity contribution in [2.24, 2.45) is 0 Å². The number of ether oxygens (including phenoxy) is 1. The highest BCUT2D eigenvalue weighted by atomic mass is 35.5. The van der Waals surface area contributed by atoms with Gasteiger partial charge in [0.25, 0.3) is 0 Å². The molecule has 0 bridgehead atoms. The van der Waals surface area contributed by atoms with E-state index in [2.05, 4.69) is 0 Å². The fourth-order valence-electron chi connectivity index (χ4n) is 1.87. The van der Waals surface area contributed by atoms with Gasteiger partial charge in [0.2, 0.25) is 0 Å². The lowest BCUT2D eigenvalue weighted by molar-refractivity contribution is 0.103. The van der Waals surface area contributed by atoms with Gasteiger partial charge in [-0.2, -0.15) is 5.26 Å². The molecular formula is C16H12ClNO2. The van der Waals surface area contributed by atoms with Crippen LogP contribution in [0.5, 0.6) is 5.75 Å². The zero-order chi connectivity index (χ0) is 14.5. The van der Waals surface area contributed by atoms with Crippen molar-refractivity contribution in [2.45, 2.75) is 6.42 Å². The predicted molar refractivity (Wildman–Crippen MR) is 77.2 cm³/mol. The third-order valence-corrected chi connectivity index (χ3v) is 3.39. The molecule has 0 aromatic heterocycles. The number of nitrogens with zero attached hydrogens (tertiary/aromatic N) is 1. The van der Waals surface area contributed by atoms with Gasteiger partial charge < -0.3 is 4.74 Å². The second-order valence-corrected chi connectivity index (χ2v) is 4.55. The molecule has 0 saturated heterocycles. The molecule has 0 saturated carbocycles. The molecule has 3 nitrogen and oxygen atoms in total. The number of nitriles is 1. The molecule has 0 N–H and O–H groups in total. The van der Waals surface area contributed by atoms with Gasteiger partial charge in [0.05, 0.1) is 24.6 Å². The fraction of sp³-hybridized carbons (Fsp3) is 0.125. The van der Waals surface area contributed by atoms with Gasteiger partial charge in [0.15, 0.2) is 5.78 Å². The van der Waals surface area contributed by atoms with Crippen LogP contribution in [0.4, 0.5) is 0 Å². The third-order valence-electron chi connectivity index (χ3n) is 2.95. The molecule has 0 unspecified atom stereocenters. The molecule has 0 spiro atoms. The zero-order valence-corrected chi connectivity index (χ0v) is 11.6. The molecule has 0 atom stereocenters. The standard InChI is InChI=1S/C16H12ClNO2/c1-20-13-7-5-12(6-8-13)16(19)14-4-2-3-11(9-10-18)15(14)17/h2-8H,9H2,1H3. The molecule has 0 fully saturated rings. The van der Waals surface area contributed by atoms with Crippen molar-refractivity contribution in [3.63, 3.8) is 0 Å². The molecule has 0 heterocycles. The maximum Gasteiger partial charge on any atom is 0.194 e. The van der Waals surface area contributed by atoms with Crippen LogP contribution in [0.3, 0.4) is 0 Å². The van der Waals surface area contributed by atoms with E-state index in [1.807, 2.05) is 6.07 Å². The van der Waals surface area contributed by atoms with Gasteiger partial charge in [-0.15, -0.1) is 0 Å². The summed E-state index contributed by atoms with van der Waals surface area (Å²) >= 11 is 6.19. The average molecular weight is 286 g/mol. The number of halogens is 1. The van der Waals surface area contributed by atoms with Crippen molar-refractivity contribution >= 4 is 17.4 Å². The average Bonchev–Trinajstić information content (AvgIpc) is 2.49. The maximum atomic E-state index is 12.4. The van der Waals surface area contributed by atoms with E-state index in [9.17, 15) is 4.79 Å². The van der Waals surface area contributed by atoms with Crippen LogP contribution in [0.2, 0.25) is 5.02 Å². The van der Waals surface area contributed by atoms with Crippen molar-refractivity contribution < 1.29 is 9.53 Å². The van der Waals surface area contributed by atoms with Gasteiger partial charge in [-0.1, -0.05) is 23.7 Å². The molecule has 2 aromatic carbocycles. The molecule has 20 heavy (non-hydrogen) atoms. The fourth-order valence-corrected chi connectivity index (χ4v) is 2.15. The Hall–Kier alpha value is -2.31. The van der Waals surface area contributed by atoms with E-state index >= 15 is 0 Å². The lowest BCUT2D eigenvalue weighted by atomic mass is 10.00. The van der Waals surface area contributed by atoms with Gasteiger partial charge >= 0.3 is 0 Å². The number of carbonyl (C=O) groups excluding carboxylic acids is 1. The number of benzene rings is 2. The van der Waals surface area contributed by atoms with Crippen LogP contribution in [0.1, 0.15) is 21.5 Å². The highest BCUT2D eigenvalue weighted by Gasteiger charge is 2.15. The molecule has 0 aliphatic carbocycles. The molecular weight excluding hydrogens is 274 g/mol. The second-order valence-electron chi connectivity index (χ2n) is 4.17. The molecule has 0 radical (unpaired) electrons. The molecule has 2 aromatic rings. The van der Waals surface area contributed by atoms with Crippen LogP contribution in [-0.2, 0) is 6.42 Å². The molecule has 0 aliphatic rings. The minimum atomic E-state index is -0.169. The van der Waals surface area contributed by atoms with Crippen LogP contribution < -0.4 is 4.74 Å². The van der Waals surface area contributed by atoms with Crippen molar-refractivity contribution in [1.29, 1.82) is 5.26 Å². The summed E-state index contributed by atoms with van der Waals surface area (Å²) in [6.07, 6.45) is 0.183. The second kappa shape index (κ2) is 6.23. The van der Waals surface area contributed by atoms with E-state index in [0.717, 1.165) is 0 Å². The molecule has 0 aliphatic heterocycles. The quantitative estimate of drug-likeness (QED) is 0.806. The Labute approximate surface area is 122 Å². The smallest absolute Gasteiger partial charge is 0.194 e. The monoisotopic (exact) mass is 285 g/mol. The summed E-state index contributed by atoms with van der Waals surface area (Å²) in [7, 11) is 1.57. The molecule has 4 heteroatoms. The van der Waals surface area contributed by atoms with E-state index in [0.29, 0.717) is 27.5 Å². The lowest BCUT2D eigenvalue weighted by Crippen LogP contribution is -2.03. The summed E-state index contributed by atoms with van der Waals surface area (Å²) in [5, 5.41) is 9.08. The first-order valence-electron chi connectivity index (χ1n) is 6.00. The first-order valence-corrected chi connectivity index (χ1v) is 6.38. The van der Waals surface area contributed by atoms with Crippen molar-refractivity contribution in [3.8, 4) is 11.8 Å². The molecule has 0 amide bonds. The van der Waals surface area contributed by atoms with Gasteiger partial charge in [-0.25, -0.2) is 0 Å². The number of rotatable bonds is 4. The Morgan fingerprint density at radius 2 is 1.95 bits per heavy atom. The Morgan fingerprint density at radius 3 is 2.55 bits per heavy atom. The van der Waals surface area contributed by atoms with Crippen LogP contribution in [-0.4, -0.2) is 12.9 Å². The van der Waals surface area contributed by atoms with Crippen molar-refractivity contribution in [2.75, 3.05) is 7.11 Å². The van der Waals surface area contributed by atoms with Crippen molar-refractivity contribution in [1.82, 2.24) is 0 Å².